The summed E-state index contributed by atoms with van der Waals surface area (Å²) in [5, 5.41) is 0. The summed E-state index contributed by atoms with van der Waals surface area (Å²) >= 11 is 1.28. The van der Waals surface area contributed by atoms with Gasteiger partial charge < -0.3 is 8.92 Å². The summed E-state index contributed by atoms with van der Waals surface area (Å²) < 4.78 is 67.1. The van der Waals surface area contributed by atoms with Gasteiger partial charge in [-0.15, -0.1) is 0 Å². The molecule has 5 nitrogen and oxygen atoms in total. The molecule has 0 radical (unpaired) electrons. The van der Waals surface area contributed by atoms with Crippen molar-refractivity contribution in [3.8, 4) is 0 Å². The number of hydrogen-bond donors (Lipinski definition) is 0. The van der Waals surface area contributed by atoms with Gasteiger partial charge in [0.05, 0.1) is 12.2 Å². The molecule has 0 aromatic rings. The zero-order valence-electron chi connectivity index (χ0n) is 9.82. The Balaban J connectivity index is 3.03. The Morgan fingerprint density at radius 1 is 1.42 bits per heavy atom. The monoisotopic (exact) mass is 320 g/mol. The van der Waals surface area contributed by atoms with E-state index in [2.05, 4.69) is 8.92 Å². The molecule has 1 rings (SSSR count). The fourth-order valence-electron chi connectivity index (χ4n) is 1.23. The molecule has 0 saturated heterocycles. The molecule has 0 saturated carbocycles. The number of carbonyl (C=O) groups excluding carboxylic acids is 1. The molecule has 0 bridgehead atoms. The summed E-state index contributed by atoms with van der Waals surface area (Å²) in [7, 11) is -5.75. The zero-order valence-corrected chi connectivity index (χ0v) is 11.5. The molecular formula is C9H11F3O5S2. The smallest absolute Gasteiger partial charge is 0.463 e. The number of rotatable bonds is 4. The topological polar surface area (TPSA) is 69.7 Å². The molecule has 0 aromatic heterocycles. The number of thioether (sulfide) groups is 1. The van der Waals surface area contributed by atoms with Crippen molar-refractivity contribution >= 4 is 27.8 Å². The van der Waals surface area contributed by atoms with Crippen molar-refractivity contribution in [2.24, 2.45) is 0 Å². The molecule has 0 atom stereocenters. The predicted octanol–water partition coefficient (Wildman–Crippen LogP) is 1.81. The molecule has 0 spiro atoms. The quantitative estimate of drug-likeness (QED) is 0.447. The molecule has 0 amide bonds. The molecule has 0 aromatic carbocycles. The minimum Gasteiger partial charge on any atom is -0.463 e. The lowest BCUT2D eigenvalue weighted by atomic mass is 10.2. The normalized spacial score (nSPS) is 17.3. The van der Waals surface area contributed by atoms with Gasteiger partial charge in [0.1, 0.15) is 5.76 Å². The second-order valence-corrected chi connectivity index (χ2v) is 6.05. The number of allylic oxidation sites excluding steroid dienone is 1. The second-order valence-electron chi connectivity index (χ2n) is 3.41. The molecule has 0 N–H and O–H groups in total. The van der Waals surface area contributed by atoms with E-state index >= 15 is 0 Å². The highest BCUT2D eigenvalue weighted by Crippen LogP contribution is 2.32. The average molecular weight is 320 g/mol. The van der Waals surface area contributed by atoms with E-state index in [9.17, 15) is 26.4 Å². The summed E-state index contributed by atoms with van der Waals surface area (Å²) in [6.45, 7) is 1.56. The van der Waals surface area contributed by atoms with Gasteiger partial charge in [0.2, 0.25) is 0 Å². The predicted molar refractivity (Wildman–Crippen MR) is 61.7 cm³/mol. The highest BCUT2D eigenvalue weighted by atomic mass is 32.2. The van der Waals surface area contributed by atoms with Crippen LogP contribution < -0.4 is 0 Å². The fraction of sp³-hybridized carbons (Fsp3) is 0.667. The Morgan fingerprint density at radius 2 is 2.05 bits per heavy atom. The van der Waals surface area contributed by atoms with Gasteiger partial charge in [0.15, 0.2) is 0 Å². The molecule has 19 heavy (non-hydrogen) atoms. The van der Waals surface area contributed by atoms with Crippen molar-refractivity contribution in [2.45, 2.75) is 18.9 Å². The maximum Gasteiger partial charge on any atom is 0.534 e. The van der Waals surface area contributed by atoms with Crippen LogP contribution in [0.15, 0.2) is 11.3 Å². The third-order valence-corrected chi connectivity index (χ3v) is 4.05. The lowest BCUT2D eigenvalue weighted by molar-refractivity contribution is -0.138. The van der Waals surface area contributed by atoms with E-state index in [0.29, 0.717) is 5.75 Å². The van der Waals surface area contributed by atoms with Gasteiger partial charge in [0, 0.05) is 17.9 Å². The molecule has 1 heterocycles. The van der Waals surface area contributed by atoms with Gasteiger partial charge in [-0.1, -0.05) is 0 Å². The highest BCUT2D eigenvalue weighted by molar-refractivity contribution is 7.99. The van der Waals surface area contributed by atoms with Crippen LogP contribution in [0.3, 0.4) is 0 Å². The fourth-order valence-corrected chi connectivity index (χ4v) is 2.73. The molecule has 0 fully saturated rings. The SMILES string of the molecule is CCOC(=O)C1=C(OS(=O)(=O)C(F)(F)F)CCSC1. The van der Waals surface area contributed by atoms with Crippen LogP contribution in [0, 0.1) is 0 Å². The first-order valence-corrected chi connectivity index (χ1v) is 7.73. The Kier molecular flexibility index (Phi) is 5.13. The van der Waals surface area contributed by atoms with Crippen molar-refractivity contribution in [3.05, 3.63) is 11.3 Å². The Hall–Kier alpha value is -0.900. The van der Waals surface area contributed by atoms with Crippen LogP contribution in [0.4, 0.5) is 13.2 Å². The van der Waals surface area contributed by atoms with E-state index in [4.69, 9.17) is 0 Å². The van der Waals surface area contributed by atoms with Crippen molar-refractivity contribution in [3.63, 3.8) is 0 Å². The van der Waals surface area contributed by atoms with Crippen LogP contribution in [0.25, 0.3) is 0 Å². The number of esters is 1. The van der Waals surface area contributed by atoms with E-state index in [1.807, 2.05) is 0 Å². The molecule has 0 aliphatic carbocycles. The van der Waals surface area contributed by atoms with Gasteiger partial charge in [-0.05, 0) is 6.92 Å². The number of ether oxygens (including phenoxy) is 1. The average Bonchev–Trinajstić information content (AvgIpc) is 2.28. The summed E-state index contributed by atoms with van der Waals surface area (Å²) in [6, 6.07) is 0. The van der Waals surface area contributed by atoms with E-state index < -0.39 is 27.4 Å². The first-order valence-electron chi connectivity index (χ1n) is 5.16. The number of carbonyl (C=O) groups is 1. The third-order valence-electron chi connectivity index (χ3n) is 2.07. The van der Waals surface area contributed by atoms with E-state index in [1.54, 1.807) is 0 Å². The zero-order chi connectivity index (χ0) is 14.7. The molecule has 10 heteroatoms. The first-order chi connectivity index (χ1) is 8.69. The molecule has 0 unspecified atom stereocenters. The number of alkyl halides is 3. The maximum atomic E-state index is 12.2. The van der Waals surface area contributed by atoms with Crippen LogP contribution in [0.1, 0.15) is 13.3 Å². The standard InChI is InChI=1S/C9H11F3O5S2/c1-2-16-8(13)6-5-18-4-3-7(6)17-19(14,15)9(10,11)12/h2-5H2,1H3. The largest absolute Gasteiger partial charge is 0.534 e. The Morgan fingerprint density at radius 3 is 2.58 bits per heavy atom. The van der Waals surface area contributed by atoms with Gasteiger partial charge in [0.25, 0.3) is 0 Å². The number of halogens is 3. The van der Waals surface area contributed by atoms with Gasteiger partial charge in [-0.25, -0.2) is 4.79 Å². The van der Waals surface area contributed by atoms with E-state index in [0.717, 1.165) is 0 Å². The molecule has 110 valence electrons. The first kappa shape index (κ1) is 16.2. The van der Waals surface area contributed by atoms with Crippen LogP contribution in [-0.2, 0) is 23.8 Å². The van der Waals surface area contributed by atoms with Crippen LogP contribution in [0.5, 0.6) is 0 Å². The van der Waals surface area contributed by atoms with Crippen LogP contribution in [-0.4, -0.2) is 38.0 Å². The molecular weight excluding hydrogens is 309 g/mol. The lowest BCUT2D eigenvalue weighted by Gasteiger charge is -2.19. The van der Waals surface area contributed by atoms with E-state index in [-0.39, 0.29) is 24.4 Å². The Labute approximate surface area is 112 Å². The third kappa shape index (κ3) is 4.03. The minimum absolute atomic E-state index is 0.0340. The summed E-state index contributed by atoms with van der Waals surface area (Å²) in [5.74, 6) is -0.927. The Bertz CT molecular complexity index is 481. The van der Waals surface area contributed by atoms with Gasteiger partial charge in [-0.3, -0.25) is 0 Å². The molecule has 1 aliphatic heterocycles. The summed E-state index contributed by atoms with van der Waals surface area (Å²) in [6.07, 6.45) is -0.0753. The van der Waals surface area contributed by atoms with Crippen molar-refractivity contribution in [1.82, 2.24) is 0 Å². The van der Waals surface area contributed by atoms with Crippen LogP contribution >= 0.6 is 11.8 Å². The summed E-state index contributed by atoms with van der Waals surface area (Å²) in [5.41, 5.74) is -5.70. The van der Waals surface area contributed by atoms with Gasteiger partial charge in [-0.2, -0.15) is 33.4 Å². The van der Waals surface area contributed by atoms with E-state index in [1.165, 1.54) is 18.7 Å². The van der Waals surface area contributed by atoms with Crippen molar-refractivity contribution in [2.75, 3.05) is 18.1 Å². The van der Waals surface area contributed by atoms with Crippen molar-refractivity contribution in [1.29, 1.82) is 0 Å². The van der Waals surface area contributed by atoms with Gasteiger partial charge >= 0.3 is 21.6 Å². The maximum absolute atomic E-state index is 12.2. The van der Waals surface area contributed by atoms with Crippen molar-refractivity contribution < 1.29 is 35.3 Å². The number of hydrogen-bond acceptors (Lipinski definition) is 6. The highest BCUT2D eigenvalue weighted by Gasteiger charge is 2.49. The molecule has 1 aliphatic rings. The van der Waals surface area contributed by atoms with Crippen LogP contribution in [0.2, 0.25) is 0 Å². The second kappa shape index (κ2) is 6.04. The minimum atomic E-state index is -5.75. The summed E-state index contributed by atoms with van der Waals surface area (Å²) in [4.78, 5) is 11.5. The lowest BCUT2D eigenvalue weighted by Crippen LogP contribution is -2.27.